The van der Waals surface area contributed by atoms with Gasteiger partial charge >= 0.3 is 0 Å². The van der Waals surface area contributed by atoms with E-state index in [-0.39, 0.29) is 28.8 Å². The van der Waals surface area contributed by atoms with E-state index in [1.165, 1.54) is 10.9 Å². The lowest BCUT2D eigenvalue weighted by Crippen LogP contribution is -2.43. The first-order chi connectivity index (χ1) is 17.4. The third kappa shape index (κ3) is 5.88. The van der Waals surface area contributed by atoms with Gasteiger partial charge in [0.25, 0.3) is 11.5 Å². The predicted octanol–water partition coefficient (Wildman–Crippen LogP) is 3.89. The zero-order valence-electron chi connectivity index (χ0n) is 20.0. The molecule has 0 bridgehead atoms. The summed E-state index contributed by atoms with van der Waals surface area (Å²) in [5.74, 6) is 1.04. The van der Waals surface area contributed by atoms with Crippen LogP contribution in [0.3, 0.4) is 0 Å². The summed E-state index contributed by atoms with van der Waals surface area (Å²) in [5.41, 5.74) is 0.937. The number of fused-ring (bicyclic) bond motifs is 1. The zero-order chi connectivity index (χ0) is 25.7. The van der Waals surface area contributed by atoms with Crippen LogP contribution in [-0.4, -0.2) is 66.2 Å². The monoisotopic (exact) mass is 576 g/mol. The van der Waals surface area contributed by atoms with E-state index in [0.717, 1.165) is 4.47 Å². The second-order valence-electron chi connectivity index (χ2n) is 7.95. The van der Waals surface area contributed by atoms with Gasteiger partial charge in [-0.2, -0.15) is 9.78 Å². The number of morpholine rings is 1. The van der Waals surface area contributed by atoms with Crippen LogP contribution >= 0.6 is 27.5 Å². The molecule has 0 radical (unpaired) electrons. The summed E-state index contributed by atoms with van der Waals surface area (Å²) >= 11 is 9.91. The molecule has 0 aliphatic carbocycles. The smallest absolute Gasteiger partial charge is 0.282 e. The molecule has 2 heterocycles. The fourth-order valence-electron chi connectivity index (χ4n) is 3.77. The van der Waals surface area contributed by atoms with Crippen molar-refractivity contribution >= 4 is 50.6 Å². The van der Waals surface area contributed by atoms with Crippen LogP contribution in [0.25, 0.3) is 10.9 Å². The van der Waals surface area contributed by atoms with Crippen molar-refractivity contribution in [2.75, 3.05) is 39.5 Å². The van der Waals surface area contributed by atoms with E-state index in [1.807, 2.05) is 19.9 Å². The maximum absolute atomic E-state index is 13.1. The van der Waals surface area contributed by atoms with Gasteiger partial charge in [0.05, 0.1) is 42.0 Å². The van der Waals surface area contributed by atoms with Crippen LogP contribution in [-0.2, 0) is 16.0 Å². The average Bonchev–Trinajstić information content (AvgIpc) is 2.88. The molecule has 1 aliphatic heterocycles. The highest BCUT2D eigenvalue weighted by molar-refractivity contribution is 9.10. The molecule has 1 aliphatic rings. The number of halogens is 2. The van der Waals surface area contributed by atoms with Gasteiger partial charge in [-0.25, -0.2) is 4.98 Å². The van der Waals surface area contributed by atoms with E-state index < -0.39 is 0 Å². The third-order valence-electron chi connectivity index (χ3n) is 5.55. The van der Waals surface area contributed by atoms with Gasteiger partial charge in [-0.15, -0.1) is 0 Å². The number of rotatable bonds is 8. The molecule has 2 aromatic carbocycles. The number of benzene rings is 2. The maximum Gasteiger partial charge on any atom is 0.282 e. The van der Waals surface area contributed by atoms with Crippen molar-refractivity contribution in [1.82, 2.24) is 14.6 Å². The van der Waals surface area contributed by atoms with Gasteiger partial charge in [-0.1, -0.05) is 34.5 Å². The van der Waals surface area contributed by atoms with Crippen molar-refractivity contribution in [3.8, 4) is 11.5 Å². The van der Waals surface area contributed by atoms with Crippen LogP contribution in [0, 0.1) is 0 Å². The second kappa shape index (κ2) is 11.9. The number of ether oxygens (including phenoxy) is 3. The Kier molecular flexibility index (Phi) is 8.60. The lowest BCUT2D eigenvalue weighted by molar-refractivity contribution is -0.137. The molecule has 1 amide bonds. The van der Waals surface area contributed by atoms with Gasteiger partial charge in [0, 0.05) is 24.0 Å². The predicted molar refractivity (Wildman–Crippen MR) is 142 cm³/mol. The Hall–Kier alpha value is -2.95. The Morgan fingerprint density at radius 2 is 2.00 bits per heavy atom. The Bertz CT molecular complexity index is 1350. The molecule has 11 heteroatoms. The minimum Gasteiger partial charge on any atom is -0.490 e. The fourth-order valence-corrected chi connectivity index (χ4v) is 4.41. The number of hydrogen-bond donors (Lipinski definition) is 0. The molecule has 1 saturated heterocycles. The Morgan fingerprint density at radius 1 is 1.22 bits per heavy atom. The fraction of sp³-hybridized carbons (Fsp3) is 0.360. The first-order valence-corrected chi connectivity index (χ1v) is 12.8. The molecule has 4 rings (SSSR count). The number of carbonyl (C=O) groups is 1. The number of aryl methyl sites for hydroxylation is 1. The van der Waals surface area contributed by atoms with Crippen LogP contribution in [0.4, 0.5) is 0 Å². The molecule has 0 spiro atoms. The van der Waals surface area contributed by atoms with E-state index in [1.54, 1.807) is 29.2 Å². The van der Waals surface area contributed by atoms with E-state index in [0.29, 0.717) is 67.4 Å². The average molecular weight is 578 g/mol. The van der Waals surface area contributed by atoms with Crippen LogP contribution in [0.1, 0.15) is 25.2 Å². The standard InChI is InChI=1S/C25H26BrClN4O5/c1-3-22-29-20-6-5-17(26)13-18(20)25(33)31(22)28-14-16-11-19(27)24(21(12-16)35-4-2)36-15-23(32)30-7-9-34-10-8-30/h5-6,11-14H,3-4,7-10,15H2,1-2H3. The molecule has 1 aromatic heterocycles. The van der Waals surface area contributed by atoms with E-state index in [2.05, 4.69) is 26.0 Å². The normalized spacial score (nSPS) is 13.9. The largest absolute Gasteiger partial charge is 0.490 e. The van der Waals surface area contributed by atoms with Crippen LogP contribution in [0.2, 0.25) is 5.02 Å². The zero-order valence-corrected chi connectivity index (χ0v) is 22.3. The quantitative estimate of drug-likeness (QED) is 0.377. The van der Waals surface area contributed by atoms with Crippen LogP contribution in [0.15, 0.2) is 44.7 Å². The third-order valence-corrected chi connectivity index (χ3v) is 6.32. The Labute approximate surface area is 221 Å². The van der Waals surface area contributed by atoms with Crippen molar-refractivity contribution in [3.63, 3.8) is 0 Å². The van der Waals surface area contributed by atoms with Crippen molar-refractivity contribution in [2.24, 2.45) is 5.10 Å². The molecular weight excluding hydrogens is 552 g/mol. The summed E-state index contributed by atoms with van der Waals surface area (Å²) < 4.78 is 18.8. The molecule has 1 fully saturated rings. The van der Waals surface area contributed by atoms with Crippen LogP contribution in [0.5, 0.6) is 11.5 Å². The molecule has 0 saturated carbocycles. The van der Waals surface area contributed by atoms with Crippen molar-refractivity contribution in [2.45, 2.75) is 20.3 Å². The molecular formula is C25H26BrClN4O5. The number of amides is 1. The summed E-state index contributed by atoms with van der Waals surface area (Å²) in [5, 5.41) is 5.13. The molecule has 0 unspecified atom stereocenters. The minimum atomic E-state index is -0.271. The van der Waals surface area contributed by atoms with Crippen molar-refractivity contribution in [1.29, 1.82) is 0 Å². The summed E-state index contributed by atoms with van der Waals surface area (Å²) in [7, 11) is 0. The Morgan fingerprint density at radius 3 is 2.72 bits per heavy atom. The number of nitrogens with zero attached hydrogens (tertiary/aromatic N) is 4. The van der Waals surface area contributed by atoms with Crippen LogP contribution < -0.4 is 15.0 Å². The topological polar surface area (TPSA) is 95.2 Å². The maximum atomic E-state index is 13.1. The molecule has 3 aromatic rings. The van der Waals surface area contributed by atoms with Gasteiger partial charge in [0.1, 0.15) is 5.82 Å². The van der Waals surface area contributed by atoms with Crippen molar-refractivity contribution < 1.29 is 19.0 Å². The van der Waals surface area contributed by atoms with Gasteiger partial charge in [0.15, 0.2) is 18.1 Å². The van der Waals surface area contributed by atoms with E-state index in [4.69, 9.17) is 25.8 Å². The highest BCUT2D eigenvalue weighted by Crippen LogP contribution is 2.36. The van der Waals surface area contributed by atoms with Gasteiger partial charge in [-0.05, 0) is 42.8 Å². The number of hydrogen-bond acceptors (Lipinski definition) is 7. The SMILES string of the molecule is CCOc1cc(C=Nn2c(CC)nc3ccc(Br)cc3c2=O)cc(Cl)c1OCC(=O)N1CCOCC1. The first kappa shape index (κ1) is 26.1. The molecule has 0 atom stereocenters. The van der Waals surface area contributed by atoms with Crippen molar-refractivity contribution in [3.05, 3.63) is 61.6 Å². The summed E-state index contributed by atoms with van der Waals surface area (Å²) in [6.45, 7) is 6.03. The van der Waals surface area contributed by atoms with Gasteiger partial charge in [-0.3, -0.25) is 9.59 Å². The highest BCUT2D eigenvalue weighted by atomic mass is 79.9. The molecule has 190 valence electrons. The van der Waals surface area contributed by atoms with Gasteiger partial charge < -0.3 is 19.1 Å². The highest BCUT2D eigenvalue weighted by Gasteiger charge is 2.20. The number of aromatic nitrogens is 2. The van der Waals surface area contributed by atoms with Gasteiger partial charge in [0.2, 0.25) is 0 Å². The molecule has 36 heavy (non-hydrogen) atoms. The second-order valence-corrected chi connectivity index (χ2v) is 9.27. The Balaban J connectivity index is 1.61. The van der Waals surface area contributed by atoms with E-state index >= 15 is 0 Å². The lowest BCUT2D eigenvalue weighted by Gasteiger charge is -2.27. The minimum absolute atomic E-state index is 0.149. The number of carbonyl (C=O) groups excluding carboxylic acids is 1. The summed E-state index contributed by atoms with van der Waals surface area (Å²) in [6, 6.07) is 8.71. The first-order valence-electron chi connectivity index (χ1n) is 11.6. The lowest BCUT2D eigenvalue weighted by atomic mass is 10.2. The van der Waals surface area contributed by atoms with E-state index in [9.17, 15) is 9.59 Å². The molecule has 0 N–H and O–H groups in total. The summed E-state index contributed by atoms with van der Waals surface area (Å²) in [4.78, 5) is 31.9. The molecule has 9 nitrogen and oxygen atoms in total. The summed E-state index contributed by atoms with van der Waals surface area (Å²) in [6.07, 6.45) is 2.04.